The van der Waals surface area contributed by atoms with Crippen LogP contribution in [-0.4, -0.2) is 15.6 Å². The molecule has 162 valence electrons. The van der Waals surface area contributed by atoms with E-state index in [1.54, 1.807) is 12.1 Å². The van der Waals surface area contributed by atoms with Gasteiger partial charge in [-0.3, -0.25) is 4.79 Å². The summed E-state index contributed by atoms with van der Waals surface area (Å²) in [4.78, 5) is 24.6. The second-order valence-electron chi connectivity index (χ2n) is 7.70. The van der Waals surface area contributed by atoms with Crippen LogP contribution in [0.4, 0.5) is 0 Å². The van der Waals surface area contributed by atoms with Gasteiger partial charge in [0.2, 0.25) is 5.43 Å². The van der Waals surface area contributed by atoms with E-state index in [0.717, 1.165) is 24.0 Å². The fourth-order valence-electron chi connectivity index (χ4n) is 3.90. The van der Waals surface area contributed by atoms with Crippen LogP contribution in [0, 0.1) is 0 Å². The van der Waals surface area contributed by atoms with E-state index in [9.17, 15) is 14.7 Å². The zero-order valence-electron chi connectivity index (χ0n) is 17.2. The maximum Gasteiger partial charge on any atom is 0.341 e. The Morgan fingerprint density at radius 2 is 1.72 bits per heavy atom. The van der Waals surface area contributed by atoms with E-state index in [1.807, 2.05) is 47.0 Å². The molecule has 4 nitrogen and oxygen atoms in total. The second-order valence-corrected chi connectivity index (χ2v) is 8.49. The largest absolute Gasteiger partial charge is 0.477 e. The molecule has 1 aromatic heterocycles. The summed E-state index contributed by atoms with van der Waals surface area (Å²) in [6, 6.07) is 21.1. The Hall–Kier alpha value is -3.08. The highest BCUT2D eigenvalue weighted by Crippen LogP contribution is 2.28. The van der Waals surface area contributed by atoms with Crippen LogP contribution in [0.5, 0.6) is 0 Å². The lowest BCUT2D eigenvalue weighted by Gasteiger charge is -2.14. The van der Waals surface area contributed by atoms with Gasteiger partial charge in [-0.05, 0) is 54.2 Å². The molecule has 0 bridgehead atoms. The number of carboxylic acids is 1. The number of aromatic nitrogens is 1. The van der Waals surface area contributed by atoms with Gasteiger partial charge in [0.25, 0.3) is 0 Å². The standard InChI is InChI=1S/C26H21Cl2NO3/c27-22-10-4-9-19(24(22)28)14-18-11-12-23-20(15-18)25(30)21(26(31)32)16-29(23)13-5-8-17-6-2-1-3-7-17/h1-4,6-7,9-12,15-16H,5,8,13-14H2,(H,31,32). The van der Waals surface area contributed by atoms with Gasteiger partial charge < -0.3 is 9.67 Å². The van der Waals surface area contributed by atoms with Crippen molar-refractivity contribution in [2.24, 2.45) is 0 Å². The molecule has 0 radical (unpaired) electrons. The average Bonchev–Trinajstić information content (AvgIpc) is 2.79. The molecule has 0 aliphatic heterocycles. The van der Waals surface area contributed by atoms with Gasteiger partial charge in [0, 0.05) is 18.1 Å². The Labute approximate surface area is 195 Å². The smallest absolute Gasteiger partial charge is 0.341 e. The van der Waals surface area contributed by atoms with Crippen LogP contribution in [0.1, 0.15) is 33.5 Å². The van der Waals surface area contributed by atoms with Crippen LogP contribution in [0.15, 0.2) is 77.7 Å². The molecule has 32 heavy (non-hydrogen) atoms. The molecule has 3 aromatic carbocycles. The Bertz CT molecular complexity index is 1350. The van der Waals surface area contributed by atoms with E-state index < -0.39 is 11.4 Å². The minimum atomic E-state index is -1.23. The highest BCUT2D eigenvalue weighted by molar-refractivity contribution is 6.42. The van der Waals surface area contributed by atoms with Crippen LogP contribution >= 0.6 is 23.2 Å². The number of carbonyl (C=O) groups is 1. The van der Waals surface area contributed by atoms with Crippen molar-refractivity contribution >= 4 is 40.1 Å². The van der Waals surface area contributed by atoms with Crippen LogP contribution in [0.25, 0.3) is 10.9 Å². The monoisotopic (exact) mass is 465 g/mol. The Morgan fingerprint density at radius 1 is 0.938 bits per heavy atom. The first-order valence-electron chi connectivity index (χ1n) is 10.3. The van der Waals surface area contributed by atoms with Crippen LogP contribution in [0.3, 0.4) is 0 Å². The molecule has 0 unspecified atom stereocenters. The van der Waals surface area contributed by atoms with E-state index in [0.29, 0.717) is 33.9 Å². The molecule has 0 atom stereocenters. The van der Waals surface area contributed by atoms with Crippen molar-refractivity contribution < 1.29 is 9.90 Å². The summed E-state index contributed by atoms with van der Waals surface area (Å²) in [6.07, 6.45) is 3.62. The highest BCUT2D eigenvalue weighted by Gasteiger charge is 2.15. The summed E-state index contributed by atoms with van der Waals surface area (Å²) < 4.78 is 1.86. The molecule has 4 aromatic rings. The Kier molecular flexibility index (Phi) is 6.63. The third-order valence-corrected chi connectivity index (χ3v) is 6.37. The maximum atomic E-state index is 12.9. The molecule has 0 amide bonds. The lowest BCUT2D eigenvalue weighted by atomic mass is 10.0. The Morgan fingerprint density at radius 3 is 2.47 bits per heavy atom. The maximum absolute atomic E-state index is 12.9. The number of fused-ring (bicyclic) bond motifs is 1. The van der Waals surface area contributed by atoms with Crippen molar-refractivity contribution in [1.82, 2.24) is 4.57 Å². The van der Waals surface area contributed by atoms with Gasteiger partial charge in [-0.15, -0.1) is 0 Å². The summed E-state index contributed by atoms with van der Waals surface area (Å²) in [5.41, 5.74) is 2.93. The highest BCUT2D eigenvalue weighted by atomic mass is 35.5. The molecular formula is C26H21Cl2NO3. The number of carboxylic acid groups (broad SMARTS) is 1. The molecule has 1 N–H and O–H groups in total. The average molecular weight is 466 g/mol. The first-order valence-corrected chi connectivity index (χ1v) is 11.1. The van der Waals surface area contributed by atoms with Gasteiger partial charge >= 0.3 is 5.97 Å². The zero-order chi connectivity index (χ0) is 22.7. The van der Waals surface area contributed by atoms with Crippen molar-refractivity contribution in [2.75, 3.05) is 0 Å². The fourth-order valence-corrected chi connectivity index (χ4v) is 4.28. The van der Waals surface area contributed by atoms with E-state index >= 15 is 0 Å². The predicted molar refractivity (Wildman–Crippen MR) is 129 cm³/mol. The molecule has 6 heteroatoms. The van der Waals surface area contributed by atoms with Gasteiger partial charge in [-0.1, -0.05) is 71.7 Å². The quantitative estimate of drug-likeness (QED) is 0.351. The molecule has 0 fully saturated rings. The number of aryl methyl sites for hydroxylation is 2. The number of nitrogens with zero attached hydrogens (tertiary/aromatic N) is 1. The first-order chi connectivity index (χ1) is 15.4. The van der Waals surface area contributed by atoms with Crippen molar-refractivity contribution in [3.63, 3.8) is 0 Å². The molecule has 1 heterocycles. The number of aromatic carboxylic acids is 1. The minimum Gasteiger partial charge on any atom is -0.477 e. The summed E-state index contributed by atoms with van der Waals surface area (Å²) >= 11 is 12.4. The van der Waals surface area contributed by atoms with E-state index in [-0.39, 0.29) is 5.56 Å². The summed E-state index contributed by atoms with van der Waals surface area (Å²) in [5, 5.41) is 10.9. The summed E-state index contributed by atoms with van der Waals surface area (Å²) in [5.74, 6) is -1.23. The minimum absolute atomic E-state index is 0.227. The normalized spacial score (nSPS) is 11.1. The second kappa shape index (κ2) is 9.60. The van der Waals surface area contributed by atoms with Crippen molar-refractivity contribution in [3.05, 3.63) is 115 Å². The molecule has 0 spiro atoms. The zero-order valence-corrected chi connectivity index (χ0v) is 18.7. The lowest BCUT2D eigenvalue weighted by molar-refractivity contribution is 0.0695. The van der Waals surface area contributed by atoms with Crippen LogP contribution in [0.2, 0.25) is 10.0 Å². The number of halogens is 2. The first kappa shape index (κ1) is 22.1. The van der Waals surface area contributed by atoms with E-state index in [1.165, 1.54) is 11.8 Å². The third-order valence-electron chi connectivity index (χ3n) is 5.51. The van der Waals surface area contributed by atoms with Crippen molar-refractivity contribution in [3.8, 4) is 0 Å². The van der Waals surface area contributed by atoms with Gasteiger partial charge in [0.05, 0.1) is 15.6 Å². The van der Waals surface area contributed by atoms with E-state index in [4.69, 9.17) is 23.2 Å². The lowest BCUT2D eigenvalue weighted by Crippen LogP contribution is -2.19. The molecule has 0 aliphatic rings. The summed E-state index contributed by atoms with van der Waals surface area (Å²) in [6.45, 7) is 0.603. The number of hydrogen-bond donors (Lipinski definition) is 1. The van der Waals surface area contributed by atoms with Gasteiger partial charge in [0.1, 0.15) is 5.56 Å². The van der Waals surface area contributed by atoms with Crippen LogP contribution in [-0.2, 0) is 19.4 Å². The number of benzene rings is 3. The van der Waals surface area contributed by atoms with Crippen molar-refractivity contribution in [1.29, 1.82) is 0 Å². The number of hydrogen-bond acceptors (Lipinski definition) is 2. The molecular weight excluding hydrogens is 445 g/mol. The topological polar surface area (TPSA) is 59.3 Å². The van der Waals surface area contributed by atoms with E-state index in [2.05, 4.69) is 12.1 Å². The molecule has 0 saturated carbocycles. The predicted octanol–water partition coefficient (Wildman–Crippen LogP) is 6.23. The van der Waals surface area contributed by atoms with Gasteiger partial charge in [-0.2, -0.15) is 0 Å². The van der Waals surface area contributed by atoms with Gasteiger partial charge in [0.15, 0.2) is 0 Å². The van der Waals surface area contributed by atoms with Crippen LogP contribution < -0.4 is 5.43 Å². The molecule has 4 rings (SSSR count). The molecule has 0 saturated heterocycles. The van der Waals surface area contributed by atoms with Crippen molar-refractivity contribution in [2.45, 2.75) is 25.8 Å². The third kappa shape index (κ3) is 4.72. The molecule has 0 aliphatic carbocycles. The number of rotatable bonds is 7. The number of pyridine rings is 1. The Balaban J connectivity index is 1.69. The summed E-state index contributed by atoms with van der Waals surface area (Å²) in [7, 11) is 0. The SMILES string of the molecule is O=C(O)c1cn(CCCc2ccccc2)c2ccc(Cc3cccc(Cl)c3Cl)cc2c1=O. The fraction of sp³-hybridized carbons (Fsp3) is 0.154. The van der Waals surface area contributed by atoms with Gasteiger partial charge in [-0.25, -0.2) is 4.79 Å².